The highest BCUT2D eigenvalue weighted by atomic mass is 16.5. The molecule has 0 saturated heterocycles. The molecule has 0 radical (unpaired) electrons. The standard InChI is InChI=1S/C15H27N3O/c1-14(2,3)10-12-17-13(19-18-12)11-15(16-4)8-6-5-7-9-15/h16H,5-11H2,1-4H3. The third-order valence-electron chi connectivity index (χ3n) is 4.03. The Hall–Kier alpha value is -0.900. The lowest BCUT2D eigenvalue weighted by atomic mass is 9.79. The Morgan fingerprint density at radius 3 is 2.47 bits per heavy atom. The highest BCUT2D eigenvalue weighted by Gasteiger charge is 2.32. The molecule has 1 aliphatic rings. The Balaban J connectivity index is 2.02. The number of likely N-dealkylation sites (N-methyl/N-ethyl adjacent to an activating group) is 1. The van der Waals surface area contributed by atoms with Gasteiger partial charge in [0.25, 0.3) is 0 Å². The molecule has 1 heterocycles. The van der Waals surface area contributed by atoms with E-state index in [4.69, 9.17) is 4.52 Å². The van der Waals surface area contributed by atoms with E-state index < -0.39 is 0 Å². The van der Waals surface area contributed by atoms with Crippen molar-refractivity contribution in [1.82, 2.24) is 15.5 Å². The van der Waals surface area contributed by atoms with E-state index in [-0.39, 0.29) is 11.0 Å². The number of aromatic nitrogens is 2. The van der Waals surface area contributed by atoms with Gasteiger partial charge >= 0.3 is 0 Å². The maximum absolute atomic E-state index is 5.44. The molecule has 0 bridgehead atoms. The Kier molecular flexibility index (Phi) is 4.29. The molecule has 108 valence electrons. The third-order valence-corrected chi connectivity index (χ3v) is 4.03. The Morgan fingerprint density at radius 2 is 1.89 bits per heavy atom. The molecule has 1 saturated carbocycles. The summed E-state index contributed by atoms with van der Waals surface area (Å²) in [6.07, 6.45) is 8.08. The fraction of sp³-hybridized carbons (Fsp3) is 0.867. The first-order chi connectivity index (χ1) is 8.92. The maximum atomic E-state index is 5.44. The van der Waals surface area contributed by atoms with Gasteiger partial charge in [0, 0.05) is 18.4 Å². The van der Waals surface area contributed by atoms with Gasteiger partial charge in [-0.15, -0.1) is 0 Å². The molecule has 0 aromatic carbocycles. The van der Waals surface area contributed by atoms with Crippen LogP contribution < -0.4 is 5.32 Å². The van der Waals surface area contributed by atoms with Crippen LogP contribution in [0, 0.1) is 5.41 Å². The molecule has 0 amide bonds. The second-order valence-electron chi connectivity index (χ2n) is 7.11. The Morgan fingerprint density at radius 1 is 1.21 bits per heavy atom. The minimum atomic E-state index is 0.170. The fourth-order valence-electron chi connectivity index (χ4n) is 2.94. The molecule has 19 heavy (non-hydrogen) atoms. The molecule has 1 fully saturated rings. The fourth-order valence-corrected chi connectivity index (χ4v) is 2.94. The van der Waals surface area contributed by atoms with Crippen LogP contribution in [0.3, 0.4) is 0 Å². The summed E-state index contributed by atoms with van der Waals surface area (Å²) in [7, 11) is 2.05. The lowest BCUT2D eigenvalue weighted by molar-refractivity contribution is 0.220. The van der Waals surface area contributed by atoms with Gasteiger partial charge in [-0.05, 0) is 25.3 Å². The molecule has 0 atom stereocenters. The topological polar surface area (TPSA) is 51.0 Å². The number of rotatable bonds is 4. The average molecular weight is 265 g/mol. The molecule has 1 aromatic rings. The second kappa shape index (κ2) is 5.61. The van der Waals surface area contributed by atoms with Crippen LogP contribution in [0.15, 0.2) is 4.52 Å². The maximum Gasteiger partial charge on any atom is 0.228 e. The number of hydrogen-bond donors (Lipinski definition) is 1. The van der Waals surface area contributed by atoms with Gasteiger partial charge in [-0.25, -0.2) is 0 Å². The van der Waals surface area contributed by atoms with Crippen molar-refractivity contribution in [3.8, 4) is 0 Å². The van der Waals surface area contributed by atoms with Crippen molar-refractivity contribution in [3.63, 3.8) is 0 Å². The molecule has 0 spiro atoms. The summed E-state index contributed by atoms with van der Waals surface area (Å²) < 4.78 is 5.44. The first-order valence-electron chi connectivity index (χ1n) is 7.43. The van der Waals surface area contributed by atoms with E-state index in [0.29, 0.717) is 0 Å². The monoisotopic (exact) mass is 265 g/mol. The molecule has 4 heteroatoms. The van der Waals surface area contributed by atoms with E-state index in [0.717, 1.165) is 24.6 Å². The normalized spacial score (nSPS) is 19.6. The van der Waals surface area contributed by atoms with Crippen molar-refractivity contribution < 1.29 is 4.52 Å². The van der Waals surface area contributed by atoms with E-state index in [2.05, 4.69) is 43.3 Å². The first kappa shape index (κ1) is 14.5. The summed E-state index contributed by atoms with van der Waals surface area (Å²) in [6.45, 7) is 6.58. The Labute approximate surface area is 116 Å². The van der Waals surface area contributed by atoms with Crippen LogP contribution in [0.2, 0.25) is 0 Å². The summed E-state index contributed by atoms with van der Waals surface area (Å²) in [6, 6.07) is 0. The molecule has 1 aromatic heterocycles. The van der Waals surface area contributed by atoms with E-state index in [9.17, 15) is 0 Å². The van der Waals surface area contributed by atoms with Gasteiger partial charge in [-0.3, -0.25) is 0 Å². The van der Waals surface area contributed by atoms with Crippen LogP contribution in [-0.4, -0.2) is 22.7 Å². The smallest absolute Gasteiger partial charge is 0.228 e. The van der Waals surface area contributed by atoms with E-state index in [1.165, 1.54) is 32.1 Å². The first-order valence-corrected chi connectivity index (χ1v) is 7.43. The summed E-state index contributed by atoms with van der Waals surface area (Å²) in [5, 5.41) is 7.61. The lowest BCUT2D eigenvalue weighted by Crippen LogP contribution is -2.46. The molecular weight excluding hydrogens is 238 g/mol. The van der Waals surface area contributed by atoms with Crippen LogP contribution in [-0.2, 0) is 12.8 Å². The minimum absolute atomic E-state index is 0.170. The zero-order valence-electron chi connectivity index (χ0n) is 12.8. The van der Waals surface area contributed by atoms with Gasteiger partial charge in [0.1, 0.15) is 0 Å². The van der Waals surface area contributed by atoms with Crippen LogP contribution in [0.5, 0.6) is 0 Å². The van der Waals surface area contributed by atoms with Gasteiger partial charge in [0.15, 0.2) is 5.82 Å². The zero-order valence-corrected chi connectivity index (χ0v) is 12.8. The average Bonchev–Trinajstić information content (AvgIpc) is 2.75. The van der Waals surface area contributed by atoms with Crippen LogP contribution in [0.4, 0.5) is 0 Å². The van der Waals surface area contributed by atoms with Crippen molar-refractivity contribution in [2.75, 3.05) is 7.05 Å². The summed E-state index contributed by atoms with van der Waals surface area (Å²) in [4.78, 5) is 4.56. The SMILES string of the molecule is CNC1(Cc2nc(CC(C)(C)C)no2)CCCCC1. The van der Waals surface area contributed by atoms with Crippen molar-refractivity contribution in [2.24, 2.45) is 5.41 Å². The lowest BCUT2D eigenvalue weighted by Gasteiger charge is -2.36. The van der Waals surface area contributed by atoms with E-state index in [1.54, 1.807) is 0 Å². The zero-order chi connectivity index (χ0) is 13.9. The van der Waals surface area contributed by atoms with E-state index >= 15 is 0 Å². The predicted molar refractivity (Wildman–Crippen MR) is 76.0 cm³/mol. The van der Waals surface area contributed by atoms with Crippen LogP contribution in [0.1, 0.15) is 64.6 Å². The van der Waals surface area contributed by atoms with Gasteiger partial charge in [0.05, 0.1) is 0 Å². The highest BCUT2D eigenvalue weighted by molar-refractivity contribution is 4.99. The van der Waals surface area contributed by atoms with Crippen molar-refractivity contribution in [1.29, 1.82) is 0 Å². The number of nitrogens with zero attached hydrogens (tertiary/aromatic N) is 2. The van der Waals surface area contributed by atoms with Crippen LogP contribution >= 0.6 is 0 Å². The van der Waals surface area contributed by atoms with Gasteiger partial charge in [0.2, 0.25) is 5.89 Å². The Bertz CT molecular complexity index is 400. The summed E-state index contributed by atoms with van der Waals surface area (Å²) in [5.74, 6) is 1.63. The van der Waals surface area contributed by atoms with Crippen molar-refractivity contribution in [2.45, 2.75) is 71.3 Å². The number of hydrogen-bond acceptors (Lipinski definition) is 4. The number of nitrogens with one attached hydrogen (secondary N) is 1. The van der Waals surface area contributed by atoms with Gasteiger partial charge in [-0.1, -0.05) is 45.2 Å². The highest BCUT2D eigenvalue weighted by Crippen LogP contribution is 2.30. The van der Waals surface area contributed by atoms with Gasteiger partial charge in [-0.2, -0.15) is 4.98 Å². The second-order valence-corrected chi connectivity index (χ2v) is 7.11. The molecule has 1 N–H and O–H groups in total. The largest absolute Gasteiger partial charge is 0.339 e. The summed E-state index contributed by atoms with van der Waals surface area (Å²) in [5.41, 5.74) is 0.371. The van der Waals surface area contributed by atoms with Crippen LogP contribution in [0.25, 0.3) is 0 Å². The predicted octanol–water partition coefficient (Wildman–Crippen LogP) is 3.12. The molecule has 4 nitrogen and oxygen atoms in total. The summed E-state index contributed by atoms with van der Waals surface area (Å²) >= 11 is 0. The molecule has 0 unspecified atom stereocenters. The van der Waals surface area contributed by atoms with E-state index in [1.807, 2.05) is 0 Å². The third kappa shape index (κ3) is 4.03. The van der Waals surface area contributed by atoms with Crippen molar-refractivity contribution in [3.05, 3.63) is 11.7 Å². The quantitative estimate of drug-likeness (QED) is 0.908. The minimum Gasteiger partial charge on any atom is -0.339 e. The molecular formula is C15H27N3O. The molecule has 1 aliphatic carbocycles. The van der Waals surface area contributed by atoms with Gasteiger partial charge < -0.3 is 9.84 Å². The molecule has 2 rings (SSSR count). The van der Waals surface area contributed by atoms with Crippen molar-refractivity contribution >= 4 is 0 Å². The molecule has 0 aliphatic heterocycles.